The second kappa shape index (κ2) is 11.6. The van der Waals surface area contributed by atoms with Crippen molar-refractivity contribution in [1.82, 2.24) is 10.2 Å². The minimum atomic E-state index is -1.33. The number of nitrogens with one attached hydrogen (secondary N) is 1. The number of alkyl halides is 3. The van der Waals surface area contributed by atoms with Crippen molar-refractivity contribution >= 4 is 29.1 Å². The van der Waals surface area contributed by atoms with Crippen molar-refractivity contribution < 1.29 is 14.3 Å². The number of nitrogens with zero attached hydrogens (tertiary/aromatic N) is 1. The van der Waals surface area contributed by atoms with Gasteiger partial charge in [-0.2, -0.15) is 0 Å². The van der Waals surface area contributed by atoms with Crippen LogP contribution in [0.15, 0.2) is 73.7 Å². The van der Waals surface area contributed by atoms with Gasteiger partial charge in [-0.05, 0) is 28.5 Å². The van der Waals surface area contributed by atoms with E-state index in [1.54, 1.807) is 24.5 Å². The third kappa shape index (κ3) is 6.49. The number of amides is 1. The van der Waals surface area contributed by atoms with Gasteiger partial charge in [0.25, 0.3) is 5.91 Å². The summed E-state index contributed by atoms with van der Waals surface area (Å²) in [5.41, 5.74) is 8.89. The molecule has 1 amide bonds. The highest BCUT2D eigenvalue weighted by Gasteiger charge is 2.25. The molecule has 0 aliphatic heterocycles. The van der Waals surface area contributed by atoms with Crippen LogP contribution in [0.3, 0.4) is 0 Å². The van der Waals surface area contributed by atoms with Crippen molar-refractivity contribution in [1.29, 1.82) is 0 Å². The van der Waals surface area contributed by atoms with Crippen molar-refractivity contribution in [2.75, 3.05) is 6.67 Å². The number of hydrogen-bond acceptors (Lipinski definition) is 4. The summed E-state index contributed by atoms with van der Waals surface area (Å²) in [4.78, 5) is 12.1. The van der Waals surface area contributed by atoms with Crippen molar-refractivity contribution in [2.45, 2.75) is 23.5 Å². The largest absolute Gasteiger partial charge is 0.403 e. The maximum absolute atomic E-state index is 13.3. The van der Waals surface area contributed by atoms with Crippen molar-refractivity contribution in [3.05, 3.63) is 84.8 Å². The van der Waals surface area contributed by atoms with Gasteiger partial charge in [-0.15, -0.1) is 0 Å². The second-order valence-electron chi connectivity index (χ2n) is 6.53. The molecule has 0 bridgehead atoms. The average molecular weight is 452 g/mol. The molecule has 0 unspecified atom stereocenters. The summed E-state index contributed by atoms with van der Waals surface area (Å²) in [5, 5.41) is 12.7. The minimum absolute atomic E-state index is 0.467. The number of carbonyl (C=O) groups excluding carboxylic acids is 1. The average Bonchev–Trinajstić information content (AvgIpc) is 2.77. The number of aliphatic hydroxyl groups excluding tert-OH is 1. The molecule has 0 saturated heterocycles. The highest BCUT2D eigenvalue weighted by molar-refractivity contribution is 6.53. The molecule has 4 N–H and O–H groups in total. The SMILES string of the molecule is C=CN(/C=C\N)Cc1ccc(-c2ccc([C@@H](O)[C@@H](CF)NC(=O)C(Cl)Cl)cc2)cc1. The van der Waals surface area contributed by atoms with Gasteiger partial charge >= 0.3 is 0 Å². The maximum atomic E-state index is 13.3. The molecule has 8 heteroatoms. The van der Waals surface area contributed by atoms with Crippen LogP contribution in [0.2, 0.25) is 0 Å². The third-order valence-corrected chi connectivity index (χ3v) is 4.89. The standard InChI is InChI=1S/C22H24Cl2FN3O2/c1-2-28(12-11-26)14-15-3-5-16(6-4-15)17-7-9-18(10-8-17)20(29)19(13-25)27-22(30)21(23)24/h2-12,19-21,29H,1,13-14,26H2,(H,27,30)/b12-11-/t19-,20-/m1/s1. The summed E-state index contributed by atoms with van der Waals surface area (Å²) in [5.74, 6) is -0.756. The lowest BCUT2D eigenvalue weighted by Gasteiger charge is -2.22. The van der Waals surface area contributed by atoms with Crippen LogP contribution >= 0.6 is 23.2 Å². The summed E-state index contributed by atoms with van der Waals surface area (Å²) in [7, 11) is 0. The Hall–Kier alpha value is -2.54. The molecule has 30 heavy (non-hydrogen) atoms. The van der Waals surface area contributed by atoms with Crippen LogP contribution in [-0.4, -0.2) is 33.5 Å². The summed E-state index contributed by atoms with van der Waals surface area (Å²) < 4.78 is 13.3. The first-order valence-electron chi connectivity index (χ1n) is 9.18. The zero-order chi connectivity index (χ0) is 22.1. The predicted molar refractivity (Wildman–Crippen MR) is 119 cm³/mol. The van der Waals surface area contributed by atoms with Gasteiger partial charge in [0.1, 0.15) is 12.8 Å². The quantitative estimate of drug-likeness (QED) is 0.476. The van der Waals surface area contributed by atoms with Crippen LogP contribution in [0.5, 0.6) is 0 Å². The van der Waals surface area contributed by atoms with Crippen LogP contribution in [-0.2, 0) is 11.3 Å². The molecule has 2 atom stereocenters. The number of aliphatic hydroxyl groups is 1. The molecule has 2 aromatic carbocycles. The summed E-state index contributed by atoms with van der Waals surface area (Å²) in [6, 6.07) is 13.9. The fraction of sp³-hybridized carbons (Fsp3) is 0.227. The van der Waals surface area contributed by atoms with Crippen molar-refractivity contribution in [3.8, 4) is 11.1 Å². The van der Waals surface area contributed by atoms with E-state index in [4.69, 9.17) is 28.9 Å². The molecule has 0 aromatic heterocycles. The van der Waals surface area contributed by atoms with Crippen LogP contribution in [0, 0.1) is 0 Å². The number of hydrogen-bond donors (Lipinski definition) is 3. The Morgan fingerprint density at radius 3 is 2.20 bits per heavy atom. The molecule has 0 saturated carbocycles. The van der Waals surface area contributed by atoms with E-state index in [0.717, 1.165) is 16.7 Å². The monoisotopic (exact) mass is 451 g/mol. The molecular formula is C22H24Cl2FN3O2. The number of rotatable bonds is 10. The predicted octanol–water partition coefficient (Wildman–Crippen LogP) is 4.02. The Labute approximate surface area is 185 Å². The lowest BCUT2D eigenvalue weighted by atomic mass is 9.98. The topological polar surface area (TPSA) is 78.6 Å². The van der Waals surface area contributed by atoms with E-state index < -0.39 is 29.6 Å². The fourth-order valence-corrected chi connectivity index (χ4v) is 2.98. The van der Waals surface area contributed by atoms with Crippen molar-refractivity contribution in [2.24, 2.45) is 5.73 Å². The van der Waals surface area contributed by atoms with E-state index in [1.165, 1.54) is 6.20 Å². The van der Waals surface area contributed by atoms with Crippen LogP contribution in [0.25, 0.3) is 11.1 Å². The molecule has 0 spiro atoms. The molecule has 2 aromatic rings. The highest BCUT2D eigenvalue weighted by Crippen LogP contribution is 2.24. The first kappa shape index (κ1) is 23.7. The molecular weight excluding hydrogens is 428 g/mol. The van der Waals surface area contributed by atoms with Crippen LogP contribution in [0.1, 0.15) is 17.2 Å². The number of halogens is 3. The van der Waals surface area contributed by atoms with E-state index in [9.17, 15) is 14.3 Å². The van der Waals surface area contributed by atoms with Gasteiger partial charge < -0.3 is 21.1 Å². The van der Waals surface area contributed by atoms with Gasteiger partial charge in [0.05, 0.1) is 6.04 Å². The molecule has 0 aliphatic rings. The lowest BCUT2D eigenvalue weighted by Crippen LogP contribution is -2.43. The van der Waals surface area contributed by atoms with E-state index in [1.807, 2.05) is 41.3 Å². The minimum Gasteiger partial charge on any atom is -0.403 e. The molecule has 2 rings (SSSR count). The molecule has 0 radical (unpaired) electrons. The van der Waals surface area contributed by atoms with Gasteiger partial charge in [-0.3, -0.25) is 4.79 Å². The normalized spacial score (nSPS) is 13.2. The molecule has 0 fully saturated rings. The zero-order valence-corrected chi connectivity index (χ0v) is 17.7. The van der Waals surface area contributed by atoms with Gasteiger partial charge in [-0.1, -0.05) is 78.3 Å². The van der Waals surface area contributed by atoms with E-state index in [0.29, 0.717) is 12.1 Å². The van der Waals surface area contributed by atoms with Gasteiger partial charge in [0.15, 0.2) is 4.84 Å². The zero-order valence-electron chi connectivity index (χ0n) is 16.2. The van der Waals surface area contributed by atoms with Gasteiger partial charge in [0.2, 0.25) is 0 Å². The Balaban J connectivity index is 2.09. The molecule has 5 nitrogen and oxygen atoms in total. The second-order valence-corrected chi connectivity index (χ2v) is 7.63. The van der Waals surface area contributed by atoms with Crippen molar-refractivity contribution in [3.63, 3.8) is 0 Å². The maximum Gasteiger partial charge on any atom is 0.253 e. The Morgan fingerprint density at radius 2 is 1.73 bits per heavy atom. The fourth-order valence-electron chi connectivity index (χ4n) is 2.85. The first-order valence-corrected chi connectivity index (χ1v) is 10.1. The molecule has 0 aliphatic carbocycles. The van der Waals surface area contributed by atoms with E-state index >= 15 is 0 Å². The van der Waals surface area contributed by atoms with E-state index in [-0.39, 0.29) is 0 Å². The summed E-state index contributed by atoms with van der Waals surface area (Å²) in [6.45, 7) is 3.43. The number of nitrogens with two attached hydrogens (primary N) is 1. The first-order chi connectivity index (χ1) is 14.4. The summed E-state index contributed by atoms with van der Waals surface area (Å²) >= 11 is 10.9. The number of carbonyl (C=O) groups is 1. The summed E-state index contributed by atoms with van der Waals surface area (Å²) in [6.07, 6.45) is 3.64. The smallest absolute Gasteiger partial charge is 0.253 e. The Morgan fingerprint density at radius 1 is 1.17 bits per heavy atom. The van der Waals surface area contributed by atoms with Crippen LogP contribution in [0.4, 0.5) is 4.39 Å². The Bertz CT molecular complexity index is 858. The highest BCUT2D eigenvalue weighted by atomic mass is 35.5. The van der Waals surface area contributed by atoms with E-state index in [2.05, 4.69) is 11.9 Å². The Kier molecular flexibility index (Phi) is 9.17. The van der Waals surface area contributed by atoms with Gasteiger partial charge in [-0.25, -0.2) is 4.39 Å². The molecule has 160 valence electrons. The number of benzene rings is 2. The third-order valence-electron chi connectivity index (χ3n) is 4.49. The van der Waals surface area contributed by atoms with Crippen LogP contribution < -0.4 is 11.1 Å². The van der Waals surface area contributed by atoms with Gasteiger partial charge in [0, 0.05) is 18.9 Å². The lowest BCUT2D eigenvalue weighted by molar-refractivity contribution is -0.121. The molecule has 0 heterocycles.